The van der Waals surface area contributed by atoms with E-state index < -0.39 is 34.4 Å². The smallest absolute Gasteiger partial charge is 0.407 e. The lowest BCUT2D eigenvalue weighted by atomic mass is 10.2. The lowest BCUT2D eigenvalue weighted by Gasteiger charge is -2.26. The summed E-state index contributed by atoms with van der Waals surface area (Å²) in [5.74, 6) is -1.75. The summed E-state index contributed by atoms with van der Waals surface area (Å²) in [7, 11) is 0. The van der Waals surface area contributed by atoms with Crippen molar-refractivity contribution in [2.45, 2.75) is 40.8 Å². The third kappa shape index (κ3) is 4.77. The molecule has 182 valence electrons. The van der Waals surface area contributed by atoms with Crippen LogP contribution >= 0.6 is 0 Å². The number of non-ortho nitro benzene ring substituents is 1. The summed E-state index contributed by atoms with van der Waals surface area (Å²) in [6.45, 7) is 7.19. The van der Waals surface area contributed by atoms with Crippen molar-refractivity contribution in [3.8, 4) is 0 Å². The zero-order chi connectivity index (χ0) is 25.3. The highest BCUT2D eigenvalue weighted by Crippen LogP contribution is 2.22. The van der Waals surface area contributed by atoms with Gasteiger partial charge >= 0.3 is 11.4 Å². The lowest BCUT2D eigenvalue weighted by Crippen LogP contribution is -2.44. The Morgan fingerprint density at radius 3 is 2.44 bits per heavy atom. The molecule has 0 saturated heterocycles. The van der Waals surface area contributed by atoms with Gasteiger partial charge in [-0.15, -0.1) is 0 Å². The van der Waals surface area contributed by atoms with Crippen molar-refractivity contribution in [3.63, 3.8) is 0 Å². The number of benzene rings is 1. The first-order valence-electron chi connectivity index (χ1n) is 10.6. The van der Waals surface area contributed by atoms with Gasteiger partial charge in [0, 0.05) is 19.2 Å². The van der Waals surface area contributed by atoms with Crippen LogP contribution in [-0.4, -0.2) is 31.5 Å². The number of fused-ring (bicyclic) bond motifs is 1. The Labute approximate surface area is 192 Å². The number of nitrogens with one attached hydrogen (secondary N) is 1. The fraction of sp³-hybridized carbons (Fsp3) is 0.429. The molecule has 0 aliphatic carbocycles. The molecule has 2 heterocycles. The lowest BCUT2D eigenvalue weighted by molar-refractivity contribution is -0.384. The summed E-state index contributed by atoms with van der Waals surface area (Å²) in [4.78, 5) is 64.5. The molecule has 0 radical (unpaired) electrons. The van der Waals surface area contributed by atoms with Gasteiger partial charge in [-0.3, -0.25) is 33.8 Å². The van der Waals surface area contributed by atoms with Crippen LogP contribution in [0.15, 0.2) is 37.0 Å². The fourth-order valence-corrected chi connectivity index (χ4v) is 3.61. The molecule has 3 N–H and O–H groups in total. The first kappa shape index (κ1) is 24.5. The van der Waals surface area contributed by atoms with Gasteiger partial charge in [-0.2, -0.15) is 0 Å². The number of carbonyl (C=O) groups excluding carboxylic acids is 1. The number of aromatic nitrogens is 3. The second-order valence-corrected chi connectivity index (χ2v) is 8.76. The average molecular weight is 474 g/mol. The number of anilines is 2. The molecular formula is C21H26N6O7. The van der Waals surface area contributed by atoms with E-state index in [1.807, 2.05) is 27.7 Å². The molecule has 13 heteroatoms. The standard InChI is InChI=1S/C21H26N6O7/c1-11(2)8-25(17-18(22)26(9-12(3)4)20(30)23-19(17)29)16(28)10-24-14-6-5-13(27(32)33)7-15(14)34-21(24)31/h5-7,11-12H,8-10,22H2,1-4H3,(H,23,29,30). The molecule has 1 aromatic carbocycles. The van der Waals surface area contributed by atoms with E-state index in [0.29, 0.717) is 0 Å². The van der Waals surface area contributed by atoms with E-state index in [-0.39, 0.29) is 53.2 Å². The molecule has 0 fully saturated rings. The number of nitrogens with two attached hydrogens (primary N) is 1. The van der Waals surface area contributed by atoms with Gasteiger partial charge < -0.3 is 15.1 Å². The molecule has 0 atom stereocenters. The van der Waals surface area contributed by atoms with Gasteiger partial charge in [-0.05, 0) is 17.9 Å². The number of nitro groups is 1. The number of nitrogens with zero attached hydrogens (tertiary/aromatic N) is 4. The maximum Gasteiger partial charge on any atom is 0.420 e. The highest BCUT2D eigenvalue weighted by Gasteiger charge is 2.27. The Morgan fingerprint density at radius 1 is 1.18 bits per heavy atom. The van der Waals surface area contributed by atoms with E-state index in [2.05, 4.69) is 4.98 Å². The van der Waals surface area contributed by atoms with Gasteiger partial charge in [-0.1, -0.05) is 27.7 Å². The zero-order valence-corrected chi connectivity index (χ0v) is 19.2. The number of nitrogen functional groups attached to an aromatic ring is 1. The minimum Gasteiger partial charge on any atom is -0.407 e. The van der Waals surface area contributed by atoms with Gasteiger partial charge in [0.15, 0.2) is 11.3 Å². The first-order valence-corrected chi connectivity index (χ1v) is 10.6. The SMILES string of the molecule is CC(C)CN(C(=O)Cn1c(=O)oc2cc([N+](=O)[O-])ccc21)c1c(N)n(CC(C)C)c(=O)[nH]c1=O. The Bertz CT molecular complexity index is 1430. The van der Waals surface area contributed by atoms with Gasteiger partial charge in [0.25, 0.3) is 11.2 Å². The van der Waals surface area contributed by atoms with Crippen molar-refractivity contribution in [1.82, 2.24) is 14.1 Å². The van der Waals surface area contributed by atoms with E-state index in [4.69, 9.17) is 10.2 Å². The summed E-state index contributed by atoms with van der Waals surface area (Å²) in [5.41, 5.74) is 4.35. The van der Waals surface area contributed by atoms with Crippen molar-refractivity contribution in [1.29, 1.82) is 0 Å². The van der Waals surface area contributed by atoms with Crippen LogP contribution in [-0.2, 0) is 17.9 Å². The van der Waals surface area contributed by atoms with Crippen molar-refractivity contribution in [2.24, 2.45) is 11.8 Å². The molecule has 34 heavy (non-hydrogen) atoms. The quantitative estimate of drug-likeness (QED) is 0.362. The van der Waals surface area contributed by atoms with E-state index in [0.717, 1.165) is 15.5 Å². The van der Waals surface area contributed by atoms with E-state index in [9.17, 15) is 29.3 Å². The van der Waals surface area contributed by atoms with Crippen molar-refractivity contribution >= 4 is 34.2 Å². The van der Waals surface area contributed by atoms with Gasteiger partial charge in [0.2, 0.25) is 5.91 Å². The van der Waals surface area contributed by atoms with E-state index in [1.165, 1.54) is 16.7 Å². The van der Waals surface area contributed by atoms with E-state index in [1.54, 1.807) is 0 Å². The maximum atomic E-state index is 13.4. The summed E-state index contributed by atoms with van der Waals surface area (Å²) in [5, 5.41) is 11.0. The number of oxazole rings is 1. The second-order valence-electron chi connectivity index (χ2n) is 8.76. The monoisotopic (exact) mass is 474 g/mol. The van der Waals surface area contributed by atoms with Crippen LogP contribution in [0.4, 0.5) is 17.2 Å². The van der Waals surface area contributed by atoms with Crippen molar-refractivity contribution in [3.05, 3.63) is 59.7 Å². The number of amides is 1. The third-order valence-corrected chi connectivity index (χ3v) is 5.04. The summed E-state index contributed by atoms with van der Waals surface area (Å²) in [6, 6.07) is 3.59. The number of hydrogen-bond acceptors (Lipinski definition) is 8. The molecule has 0 spiro atoms. The third-order valence-electron chi connectivity index (χ3n) is 5.04. The Balaban J connectivity index is 2.09. The first-order chi connectivity index (χ1) is 15.9. The van der Waals surface area contributed by atoms with Crippen LogP contribution in [0.3, 0.4) is 0 Å². The van der Waals surface area contributed by atoms with Crippen LogP contribution in [0, 0.1) is 22.0 Å². The van der Waals surface area contributed by atoms with Crippen LogP contribution in [0.25, 0.3) is 11.1 Å². The highest BCUT2D eigenvalue weighted by atomic mass is 16.6. The molecule has 0 saturated carbocycles. The molecule has 13 nitrogen and oxygen atoms in total. The van der Waals surface area contributed by atoms with Gasteiger partial charge in [-0.25, -0.2) is 9.59 Å². The molecule has 3 aromatic rings. The topological polar surface area (TPSA) is 179 Å². The van der Waals surface area contributed by atoms with Crippen LogP contribution in [0.5, 0.6) is 0 Å². The average Bonchev–Trinajstić information content (AvgIpc) is 3.04. The van der Waals surface area contributed by atoms with Crippen LogP contribution < -0.4 is 27.6 Å². The molecular weight excluding hydrogens is 448 g/mol. The minimum absolute atomic E-state index is 0.0351. The molecule has 0 aliphatic heterocycles. The second kappa shape index (κ2) is 9.37. The number of H-pyrrole nitrogens is 1. The van der Waals surface area contributed by atoms with Crippen molar-refractivity contribution in [2.75, 3.05) is 17.2 Å². The number of carbonyl (C=O) groups is 1. The van der Waals surface area contributed by atoms with Gasteiger partial charge in [0.05, 0.1) is 16.5 Å². The highest BCUT2D eigenvalue weighted by molar-refractivity contribution is 5.96. The Kier molecular flexibility index (Phi) is 6.75. The van der Waals surface area contributed by atoms with Crippen LogP contribution in [0.1, 0.15) is 27.7 Å². The number of rotatable bonds is 8. The fourth-order valence-electron chi connectivity index (χ4n) is 3.61. The van der Waals surface area contributed by atoms with Crippen molar-refractivity contribution < 1.29 is 14.1 Å². The molecule has 0 aliphatic rings. The molecule has 0 bridgehead atoms. The van der Waals surface area contributed by atoms with E-state index >= 15 is 0 Å². The normalized spacial score (nSPS) is 11.5. The number of nitro benzene ring substituents is 1. The largest absolute Gasteiger partial charge is 0.420 e. The number of aromatic amines is 1. The Hall–Kier alpha value is -4.16. The zero-order valence-electron chi connectivity index (χ0n) is 19.2. The number of hydrogen-bond donors (Lipinski definition) is 2. The maximum absolute atomic E-state index is 13.4. The van der Waals surface area contributed by atoms with Crippen LogP contribution in [0.2, 0.25) is 0 Å². The predicted molar refractivity (Wildman–Crippen MR) is 125 cm³/mol. The molecule has 3 rings (SSSR count). The van der Waals surface area contributed by atoms with Gasteiger partial charge in [0.1, 0.15) is 12.4 Å². The summed E-state index contributed by atoms with van der Waals surface area (Å²) < 4.78 is 7.29. The molecule has 2 aromatic heterocycles. The molecule has 1 amide bonds. The predicted octanol–water partition coefficient (Wildman–Crippen LogP) is 1.28. The summed E-state index contributed by atoms with van der Waals surface area (Å²) >= 11 is 0. The molecule has 0 unspecified atom stereocenters. The Morgan fingerprint density at radius 2 is 1.85 bits per heavy atom. The minimum atomic E-state index is -0.889. The summed E-state index contributed by atoms with van der Waals surface area (Å²) in [6.07, 6.45) is 0.